The molecule has 4 nitrogen and oxygen atoms in total. The lowest BCUT2D eigenvalue weighted by atomic mass is 10.0. The van der Waals surface area contributed by atoms with Crippen molar-refractivity contribution in [3.63, 3.8) is 0 Å². The third-order valence-electron chi connectivity index (χ3n) is 3.75. The Morgan fingerprint density at radius 2 is 2.26 bits per heavy atom. The number of pyridine rings is 1. The van der Waals surface area contributed by atoms with Crippen LogP contribution >= 0.6 is 0 Å². The molecule has 0 unspecified atom stereocenters. The van der Waals surface area contributed by atoms with E-state index in [1.807, 2.05) is 6.07 Å². The van der Waals surface area contributed by atoms with Gasteiger partial charge in [0.15, 0.2) is 0 Å². The molecule has 1 aliphatic carbocycles. The van der Waals surface area contributed by atoms with Crippen molar-refractivity contribution in [1.82, 2.24) is 4.98 Å². The quantitative estimate of drug-likeness (QED) is 0.631. The molecular formula is C15H22N2O2. The molecule has 4 heteroatoms. The van der Waals surface area contributed by atoms with Gasteiger partial charge in [-0.3, -0.25) is 0 Å². The van der Waals surface area contributed by atoms with Crippen LogP contribution in [0.4, 0.5) is 5.69 Å². The van der Waals surface area contributed by atoms with Crippen molar-refractivity contribution in [2.45, 2.75) is 38.5 Å². The molecule has 1 aromatic heterocycles. The third kappa shape index (κ3) is 4.23. The summed E-state index contributed by atoms with van der Waals surface area (Å²) in [7, 11) is 1.37. The minimum atomic E-state index is -0.394. The minimum absolute atomic E-state index is 0.350. The van der Waals surface area contributed by atoms with Crippen molar-refractivity contribution in [2.75, 3.05) is 19.0 Å². The fraction of sp³-hybridized carbons (Fsp3) is 0.600. The Labute approximate surface area is 114 Å². The standard InChI is InChI=1S/C15H22N2O2/c1-19-15(18)14-11-13(8-10-17-14)16-9-4-7-12-5-2-3-6-12/h8,10-12H,2-7,9H2,1H3,(H,16,17). The van der Waals surface area contributed by atoms with Crippen LogP contribution < -0.4 is 5.32 Å². The summed E-state index contributed by atoms with van der Waals surface area (Å²) in [6.07, 6.45) is 9.74. The van der Waals surface area contributed by atoms with Crippen molar-refractivity contribution in [1.29, 1.82) is 0 Å². The monoisotopic (exact) mass is 262 g/mol. The summed E-state index contributed by atoms with van der Waals surface area (Å²) < 4.78 is 4.66. The molecule has 0 bridgehead atoms. The largest absolute Gasteiger partial charge is 0.464 e. The van der Waals surface area contributed by atoms with Crippen molar-refractivity contribution < 1.29 is 9.53 Å². The average molecular weight is 262 g/mol. The average Bonchev–Trinajstić information content (AvgIpc) is 2.96. The first-order valence-electron chi connectivity index (χ1n) is 7.08. The van der Waals surface area contributed by atoms with Crippen molar-refractivity contribution in [2.24, 2.45) is 5.92 Å². The second-order valence-electron chi connectivity index (χ2n) is 5.14. The molecule has 0 aliphatic heterocycles. The first-order valence-corrected chi connectivity index (χ1v) is 7.08. The number of methoxy groups -OCH3 is 1. The van der Waals surface area contributed by atoms with Gasteiger partial charge in [-0.1, -0.05) is 25.7 Å². The number of nitrogens with one attached hydrogen (secondary N) is 1. The summed E-state index contributed by atoms with van der Waals surface area (Å²) in [5, 5.41) is 3.34. The minimum Gasteiger partial charge on any atom is -0.464 e. The molecule has 19 heavy (non-hydrogen) atoms. The van der Waals surface area contributed by atoms with E-state index < -0.39 is 5.97 Å². The van der Waals surface area contributed by atoms with Crippen LogP contribution in [0, 0.1) is 5.92 Å². The third-order valence-corrected chi connectivity index (χ3v) is 3.75. The van der Waals surface area contributed by atoms with Crippen LogP contribution in [0.15, 0.2) is 18.3 Å². The lowest BCUT2D eigenvalue weighted by Gasteiger charge is -2.10. The highest BCUT2D eigenvalue weighted by Gasteiger charge is 2.14. The van der Waals surface area contributed by atoms with Gasteiger partial charge >= 0.3 is 5.97 Å². The summed E-state index contributed by atoms with van der Waals surface area (Å²) in [6, 6.07) is 3.61. The molecule has 0 radical (unpaired) electrons. The molecule has 0 amide bonds. The number of nitrogens with zero attached hydrogens (tertiary/aromatic N) is 1. The maximum atomic E-state index is 11.4. The summed E-state index contributed by atoms with van der Waals surface area (Å²) in [5.74, 6) is 0.541. The first kappa shape index (κ1) is 13.8. The van der Waals surface area contributed by atoms with E-state index >= 15 is 0 Å². The Bertz CT molecular complexity index is 414. The van der Waals surface area contributed by atoms with E-state index in [0.29, 0.717) is 5.69 Å². The van der Waals surface area contributed by atoms with Gasteiger partial charge in [0, 0.05) is 18.4 Å². The zero-order chi connectivity index (χ0) is 13.5. The fourth-order valence-electron chi connectivity index (χ4n) is 2.68. The molecule has 1 N–H and O–H groups in total. The fourth-order valence-corrected chi connectivity index (χ4v) is 2.68. The van der Waals surface area contributed by atoms with E-state index in [-0.39, 0.29) is 0 Å². The maximum absolute atomic E-state index is 11.4. The number of hydrogen-bond acceptors (Lipinski definition) is 4. The van der Waals surface area contributed by atoms with Crippen LogP contribution in [0.3, 0.4) is 0 Å². The molecule has 0 saturated heterocycles. The second kappa shape index (κ2) is 7.12. The van der Waals surface area contributed by atoms with Crippen LogP contribution in [-0.4, -0.2) is 24.6 Å². The highest BCUT2D eigenvalue weighted by atomic mass is 16.5. The van der Waals surface area contributed by atoms with Gasteiger partial charge in [0.25, 0.3) is 0 Å². The number of esters is 1. The molecule has 0 spiro atoms. The van der Waals surface area contributed by atoms with Gasteiger partial charge in [-0.25, -0.2) is 9.78 Å². The summed E-state index contributed by atoms with van der Waals surface area (Å²) in [6.45, 7) is 0.946. The van der Waals surface area contributed by atoms with Crippen molar-refractivity contribution in [3.8, 4) is 0 Å². The smallest absolute Gasteiger partial charge is 0.356 e. The van der Waals surface area contributed by atoms with E-state index in [0.717, 1.165) is 18.2 Å². The van der Waals surface area contributed by atoms with Gasteiger partial charge in [0.2, 0.25) is 0 Å². The van der Waals surface area contributed by atoms with E-state index in [1.165, 1.54) is 45.6 Å². The van der Waals surface area contributed by atoms with E-state index in [9.17, 15) is 4.79 Å². The highest BCUT2D eigenvalue weighted by molar-refractivity contribution is 5.88. The Morgan fingerprint density at radius 3 is 3.00 bits per heavy atom. The topological polar surface area (TPSA) is 51.2 Å². The van der Waals surface area contributed by atoms with E-state index in [1.54, 1.807) is 12.3 Å². The summed E-state index contributed by atoms with van der Waals surface area (Å²) in [5.41, 5.74) is 1.28. The lowest BCUT2D eigenvalue weighted by Crippen LogP contribution is -2.07. The molecule has 1 fully saturated rings. The van der Waals surface area contributed by atoms with E-state index in [4.69, 9.17) is 0 Å². The predicted molar refractivity (Wildman–Crippen MR) is 75.3 cm³/mol. The number of aromatic nitrogens is 1. The number of ether oxygens (including phenoxy) is 1. The van der Waals surface area contributed by atoms with Crippen LogP contribution in [0.25, 0.3) is 0 Å². The van der Waals surface area contributed by atoms with Gasteiger partial charge in [-0.2, -0.15) is 0 Å². The summed E-state index contributed by atoms with van der Waals surface area (Å²) in [4.78, 5) is 15.3. The molecule has 0 aromatic carbocycles. The van der Waals surface area contributed by atoms with Gasteiger partial charge in [0.1, 0.15) is 5.69 Å². The molecule has 2 rings (SSSR count). The normalized spacial score (nSPS) is 15.4. The van der Waals surface area contributed by atoms with Gasteiger partial charge in [-0.15, -0.1) is 0 Å². The molecule has 0 atom stereocenters. The Morgan fingerprint density at radius 1 is 1.47 bits per heavy atom. The van der Waals surface area contributed by atoms with Crippen LogP contribution in [0.1, 0.15) is 49.0 Å². The van der Waals surface area contributed by atoms with Crippen LogP contribution in [0.5, 0.6) is 0 Å². The molecule has 1 aromatic rings. The van der Waals surface area contributed by atoms with Crippen molar-refractivity contribution in [3.05, 3.63) is 24.0 Å². The predicted octanol–water partition coefficient (Wildman–Crippen LogP) is 3.25. The zero-order valence-corrected chi connectivity index (χ0v) is 11.5. The molecule has 104 valence electrons. The molecular weight excluding hydrogens is 240 g/mol. The van der Waals surface area contributed by atoms with Gasteiger partial charge in [0.05, 0.1) is 7.11 Å². The van der Waals surface area contributed by atoms with Gasteiger partial charge < -0.3 is 10.1 Å². The zero-order valence-electron chi connectivity index (χ0n) is 11.5. The number of carbonyl (C=O) groups is 1. The lowest BCUT2D eigenvalue weighted by molar-refractivity contribution is 0.0594. The maximum Gasteiger partial charge on any atom is 0.356 e. The number of hydrogen-bond donors (Lipinski definition) is 1. The number of carbonyl (C=O) groups excluding carboxylic acids is 1. The molecule has 1 heterocycles. The molecule has 1 aliphatic rings. The van der Waals surface area contributed by atoms with E-state index in [2.05, 4.69) is 15.0 Å². The Balaban J connectivity index is 1.74. The SMILES string of the molecule is COC(=O)c1cc(NCCCC2CCCC2)ccn1. The second-order valence-corrected chi connectivity index (χ2v) is 5.14. The van der Waals surface area contributed by atoms with Crippen LogP contribution in [-0.2, 0) is 4.74 Å². The van der Waals surface area contributed by atoms with Crippen LogP contribution in [0.2, 0.25) is 0 Å². The summed E-state index contributed by atoms with van der Waals surface area (Å²) >= 11 is 0. The highest BCUT2D eigenvalue weighted by Crippen LogP contribution is 2.28. The number of rotatable bonds is 6. The Kier molecular flexibility index (Phi) is 5.19. The first-order chi connectivity index (χ1) is 9.29. The van der Waals surface area contributed by atoms with Crippen molar-refractivity contribution >= 4 is 11.7 Å². The Hall–Kier alpha value is -1.58. The molecule has 1 saturated carbocycles. The number of anilines is 1. The van der Waals surface area contributed by atoms with Gasteiger partial charge in [-0.05, 0) is 30.9 Å².